The molecule has 0 fully saturated rings. The highest BCUT2D eigenvalue weighted by Gasteiger charge is 2.12. The van der Waals surface area contributed by atoms with Crippen LogP contribution in [0.1, 0.15) is 15.9 Å². The smallest absolute Gasteiger partial charge is 0.253 e. The van der Waals surface area contributed by atoms with Crippen molar-refractivity contribution < 1.29 is 13.9 Å². The van der Waals surface area contributed by atoms with Gasteiger partial charge in [0, 0.05) is 6.54 Å². The summed E-state index contributed by atoms with van der Waals surface area (Å²) in [5.74, 6) is -0.0912. The first kappa shape index (κ1) is 14.8. The number of halogens is 1. The van der Waals surface area contributed by atoms with Crippen LogP contribution in [0.15, 0.2) is 42.5 Å². The molecule has 0 aromatic heterocycles. The zero-order valence-electron chi connectivity index (χ0n) is 11.7. The lowest BCUT2D eigenvalue weighted by Crippen LogP contribution is -2.26. The number of nitrogen functional groups attached to an aromatic ring is 1. The molecule has 0 atom stereocenters. The van der Waals surface area contributed by atoms with Crippen LogP contribution in [0.5, 0.6) is 5.75 Å². The second kappa shape index (κ2) is 6.74. The molecule has 0 unspecified atom stereocenters. The molecule has 0 radical (unpaired) electrons. The molecule has 1 amide bonds. The molecule has 0 spiro atoms. The Hall–Kier alpha value is -2.56. The molecule has 0 saturated carbocycles. The maximum atomic E-state index is 13.0. The quantitative estimate of drug-likeness (QED) is 0.830. The number of hydrogen-bond acceptors (Lipinski definition) is 3. The second-order valence-corrected chi connectivity index (χ2v) is 4.56. The number of ether oxygens (including phenoxy) is 1. The molecule has 3 N–H and O–H groups in total. The topological polar surface area (TPSA) is 64.3 Å². The highest BCUT2D eigenvalue weighted by Crippen LogP contribution is 2.24. The van der Waals surface area contributed by atoms with Gasteiger partial charge >= 0.3 is 0 Å². The fourth-order valence-corrected chi connectivity index (χ4v) is 2.03. The standard InChI is InChI=1S/C16H17FN2O2/c1-21-14-7-3-6-13(15(14)18)16(20)19-9-8-11-4-2-5-12(17)10-11/h2-7,10H,8-9,18H2,1H3,(H,19,20). The maximum absolute atomic E-state index is 13.0. The Morgan fingerprint density at radius 3 is 2.76 bits per heavy atom. The van der Waals surface area contributed by atoms with E-state index in [1.165, 1.54) is 19.2 Å². The fraction of sp³-hybridized carbons (Fsp3) is 0.188. The predicted molar refractivity (Wildman–Crippen MR) is 79.8 cm³/mol. The number of carbonyl (C=O) groups excluding carboxylic acids is 1. The molecule has 0 aliphatic heterocycles. The van der Waals surface area contributed by atoms with E-state index in [1.54, 1.807) is 24.3 Å². The number of hydrogen-bond donors (Lipinski definition) is 2. The van der Waals surface area contributed by atoms with E-state index < -0.39 is 0 Å². The first-order chi connectivity index (χ1) is 10.1. The van der Waals surface area contributed by atoms with E-state index in [9.17, 15) is 9.18 Å². The summed E-state index contributed by atoms with van der Waals surface area (Å²) in [5.41, 5.74) is 7.37. The third kappa shape index (κ3) is 3.72. The van der Waals surface area contributed by atoms with Crippen LogP contribution in [0.2, 0.25) is 0 Å². The lowest BCUT2D eigenvalue weighted by atomic mass is 10.1. The summed E-state index contributed by atoms with van der Waals surface area (Å²) in [5, 5.41) is 2.76. The summed E-state index contributed by atoms with van der Waals surface area (Å²) < 4.78 is 18.1. The van der Waals surface area contributed by atoms with Crippen LogP contribution in [0.3, 0.4) is 0 Å². The van der Waals surface area contributed by atoms with Crippen LogP contribution in [-0.2, 0) is 6.42 Å². The monoisotopic (exact) mass is 288 g/mol. The van der Waals surface area contributed by atoms with Gasteiger partial charge in [0.05, 0.1) is 18.4 Å². The van der Waals surface area contributed by atoms with Crippen LogP contribution in [-0.4, -0.2) is 19.6 Å². The number of rotatable bonds is 5. The van der Waals surface area contributed by atoms with Gasteiger partial charge < -0.3 is 15.8 Å². The zero-order chi connectivity index (χ0) is 15.2. The van der Waals surface area contributed by atoms with E-state index in [1.807, 2.05) is 6.07 Å². The van der Waals surface area contributed by atoms with Crippen molar-refractivity contribution in [1.29, 1.82) is 0 Å². The van der Waals surface area contributed by atoms with Gasteiger partial charge in [0.1, 0.15) is 11.6 Å². The van der Waals surface area contributed by atoms with Gasteiger partial charge in [-0.3, -0.25) is 4.79 Å². The molecular weight excluding hydrogens is 271 g/mol. The third-order valence-corrected chi connectivity index (χ3v) is 3.12. The van der Waals surface area contributed by atoms with E-state index in [0.717, 1.165) is 5.56 Å². The van der Waals surface area contributed by atoms with Crippen LogP contribution < -0.4 is 15.8 Å². The Kier molecular flexibility index (Phi) is 4.77. The zero-order valence-corrected chi connectivity index (χ0v) is 11.7. The van der Waals surface area contributed by atoms with E-state index >= 15 is 0 Å². The molecule has 2 rings (SSSR count). The second-order valence-electron chi connectivity index (χ2n) is 4.56. The first-order valence-corrected chi connectivity index (χ1v) is 6.57. The lowest BCUT2D eigenvalue weighted by molar-refractivity contribution is 0.0955. The van der Waals surface area contributed by atoms with Gasteiger partial charge in [-0.05, 0) is 36.2 Å². The summed E-state index contributed by atoms with van der Waals surface area (Å²) in [6, 6.07) is 11.3. The molecule has 5 heteroatoms. The number of amides is 1. The Bertz CT molecular complexity index is 644. The molecule has 0 saturated heterocycles. The van der Waals surface area contributed by atoms with Crippen molar-refractivity contribution in [2.24, 2.45) is 0 Å². The number of methoxy groups -OCH3 is 1. The molecule has 4 nitrogen and oxygen atoms in total. The Morgan fingerprint density at radius 2 is 2.05 bits per heavy atom. The molecule has 2 aromatic carbocycles. The van der Waals surface area contributed by atoms with Gasteiger partial charge in [0.2, 0.25) is 0 Å². The summed E-state index contributed by atoms with van der Waals surface area (Å²) in [6.45, 7) is 0.402. The molecule has 2 aromatic rings. The molecule has 0 aliphatic rings. The normalized spacial score (nSPS) is 10.2. The van der Waals surface area contributed by atoms with Crippen molar-refractivity contribution in [2.45, 2.75) is 6.42 Å². The number of nitrogens with two attached hydrogens (primary N) is 1. The summed E-state index contributed by atoms with van der Waals surface area (Å²) in [7, 11) is 1.50. The molecule has 0 aliphatic carbocycles. The predicted octanol–water partition coefficient (Wildman–Crippen LogP) is 2.39. The maximum Gasteiger partial charge on any atom is 0.253 e. The Morgan fingerprint density at radius 1 is 1.29 bits per heavy atom. The number of carbonyl (C=O) groups is 1. The minimum absolute atomic E-state index is 0.275. The van der Waals surface area contributed by atoms with Crippen molar-refractivity contribution in [2.75, 3.05) is 19.4 Å². The van der Waals surface area contributed by atoms with E-state index in [2.05, 4.69) is 5.32 Å². The van der Waals surface area contributed by atoms with E-state index in [-0.39, 0.29) is 11.7 Å². The van der Waals surface area contributed by atoms with Crippen molar-refractivity contribution in [1.82, 2.24) is 5.32 Å². The van der Waals surface area contributed by atoms with Crippen LogP contribution in [0.25, 0.3) is 0 Å². The minimum atomic E-state index is -0.282. The number of benzene rings is 2. The fourth-order valence-electron chi connectivity index (χ4n) is 2.03. The highest BCUT2D eigenvalue weighted by atomic mass is 19.1. The van der Waals surface area contributed by atoms with Gasteiger partial charge in [0.15, 0.2) is 0 Å². The molecule has 110 valence electrons. The van der Waals surface area contributed by atoms with E-state index in [4.69, 9.17) is 10.5 Å². The van der Waals surface area contributed by atoms with Crippen LogP contribution in [0, 0.1) is 5.82 Å². The average Bonchev–Trinajstić information content (AvgIpc) is 2.47. The summed E-state index contributed by atoms with van der Waals surface area (Å²) >= 11 is 0. The Labute approximate surface area is 122 Å². The molecular formula is C16H17FN2O2. The van der Waals surface area contributed by atoms with Gasteiger partial charge in [0.25, 0.3) is 5.91 Å². The highest BCUT2D eigenvalue weighted by molar-refractivity contribution is 6.00. The van der Waals surface area contributed by atoms with Crippen molar-refractivity contribution in [3.05, 3.63) is 59.4 Å². The van der Waals surface area contributed by atoms with E-state index in [0.29, 0.717) is 30.0 Å². The number of anilines is 1. The van der Waals surface area contributed by atoms with Gasteiger partial charge in [-0.1, -0.05) is 18.2 Å². The SMILES string of the molecule is COc1cccc(C(=O)NCCc2cccc(F)c2)c1N. The molecule has 21 heavy (non-hydrogen) atoms. The Balaban J connectivity index is 1.96. The first-order valence-electron chi connectivity index (χ1n) is 6.57. The largest absolute Gasteiger partial charge is 0.495 e. The van der Waals surface area contributed by atoms with Gasteiger partial charge in [-0.15, -0.1) is 0 Å². The van der Waals surface area contributed by atoms with Crippen molar-refractivity contribution >= 4 is 11.6 Å². The van der Waals surface area contributed by atoms with Crippen LogP contribution >= 0.6 is 0 Å². The molecule has 0 heterocycles. The summed E-state index contributed by atoms with van der Waals surface area (Å²) in [6.07, 6.45) is 0.549. The number of para-hydroxylation sites is 1. The average molecular weight is 288 g/mol. The van der Waals surface area contributed by atoms with Crippen molar-refractivity contribution in [3.63, 3.8) is 0 Å². The van der Waals surface area contributed by atoms with Crippen LogP contribution in [0.4, 0.5) is 10.1 Å². The van der Waals surface area contributed by atoms with Gasteiger partial charge in [-0.25, -0.2) is 4.39 Å². The lowest BCUT2D eigenvalue weighted by Gasteiger charge is -2.10. The third-order valence-electron chi connectivity index (χ3n) is 3.12. The number of nitrogens with one attached hydrogen (secondary N) is 1. The van der Waals surface area contributed by atoms with Crippen molar-refractivity contribution in [3.8, 4) is 5.75 Å². The minimum Gasteiger partial charge on any atom is -0.495 e. The summed E-state index contributed by atoms with van der Waals surface area (Å²) in [4.78, 5) is 12.1. The molecule has 0 bridgehead atoms. The van der Waals surface area contributed by atoms with Gasteiger partial charge in [-0.2, -0.15) is 0 Å².